The first-order chi connectivity index (χ1) is 11.7. The molecule has 1 aromatic heterocycles. The number of carbonyl (C=O) groups is 1. The summed E-state index contributed by atoms with van der Waals surface area (Å²) in [4.78, 5) is 20.7. The van der Waals surface area contributed by atoms with Crippen LogP contribution >= 0.6 is 11.3 Å². The summed E-state index contributed by atoms with van der Waals surface area (Å²) in [6.45, 7) is 4.50. The van der Waals surface area contributed by atoms with Crippen LogP contribution in [0.25, 0.3) is 0 Å². The molecule has 2 amide bonds. The number of hydrogen-bond acceptors (Lipinski definition) is 5. The Morgan fingerprint density at radius 3 is 2.62 bits per heavy atom. The highest BCUT2D eigenvalue weighted by atomic mass is 32.1. The first-order valence-electron chi connectivity index (χ1n) is 7.86. The van der Waals surface area contributed by atoms with Gasteiger partial charge in [-0.2, -0.15) is 5.26 Å². The Morgan fingerprint density at radius 2 is 2.00 bits per heavy atom. The third-order valence-corrected chi connectivity index (χ3v) is 4.69. The van der Waals surface area contributed by atoms with Crippen LogP contribution in [0.4, 0.5) is 4.79 Å². The lowest BCUT2D eigenvalue weighted by Gasteiger charge is -2.34. The molecule has 1 fully saturated rings. The smallest absolute Gasteiger partial charge is 0.317 e. The average molecular weight is 341 g/mol. The molecule has 1 N–H and O–H groups in total. The average Bonchev–Trinajstić information content (AvgIpc) is 3.14. The van der Waals surface area contributed by atoms with Gasteiger partial charge in [-0.15, -0.1) is 11.3 Å². The van der Waals surface area contributed by atoms with Gasteiger partial charge in [0.25, 0.3) is 0 Å². The standard InChI is InChI=1S/C17H19N5OS/c18-9-14-1-3-15(4-2-14)10-19-17(23)22-7-5-21(6-8-22)11-16-12-24-13-20-16/h1-4,12-13H,5-8,10-11H2,(H,19,23). The van der Waals surface area contributed by atoms with E-state index in [4.69, 9.17) is 5.26 Å². The van der Waals surface area contributed by atoms with Gasteiger partial charge in [-0.25, -0.2) is 9.78 Å². The highest BCUT2D eigenvalue weighted by molar-refractivity contribution is 7.07. The summed E-state index contributed by atoms with van der Waals surface area (Å²) >= 11 is 1.61. The number of carbonyl (C=O) groups excluding carboxylic acids is 1. The van der Waals surface area contributed by atoms with Gasteiger partial charge in [0.05, 0.1) is 22.8 Å². The zero-order valence-electron chi connectivity index (χ0n) is 13.3. The number of rotatable bonds is 4. The second kappa shape index (κ2) is 7.90. The van der Waals surface area contributed by atoms with E-state index in [1.54, 1.807) is 23.5 Å². The number of nitriles is 1. The van der Waals surface area contributed by atoms with Crippen molar-refractivity contribution in [2.24, 2.45) is 0 Å². The zero-order valence-corrected chi connectivity index (χ0v) is 14.1. The van der Waals surface area contributed by atoms with E-state index in [2.05, 4.69) is 26.6 Å². The molecule has 0 aliphatic carbocycles. The lowest BCUT2D eigenvalue weighted by molar-refractivity contribution is 0.134. The predicted octanol–water partition coefficient (Wildman–Crippen LogP) is 2.04. The van der Waals surface area contributed by atoms with Crippen molar-refractivity contribution in [3.8, 4) is 6.07 Å². The highest BCUT2D eigenvalue weighted by Gasteiger charge is 2.21. The number of benzene rings is 1. The summed E-state index contributed by atoms with van der Waals surface area (Å²) in [5.74, 6) is 0. The molecule has 1 saturated heterocycles. The van der Waals surface area contributed by atoms with Gasteiger partial charge in [-0.3, -0.25) is 4.90 Å². The van der Waals surface area contributed by atoms with Crippen molar-refractivity contribution in [1.82, 2.24) is 20.1 Å². The van der Waals surface area contributed by atoms with Gasteiger partial charge in [0.1, 0.15) is 0 Å². The largest absolute Gasteiger partial charge is 0.334 e. The Morgan fingerprint density at radius 1 is 1.25 bits per heavy atom. The maximum absolute atomic E-state index is 12.3. The van der Waals surface area contributed by atoms with E-state index in [1.165, 1.54) is 0 Å². The predicted molar refractivity (Wildman–Crippen MR) is 92.4 cm³/mol. The van der Waals surface area contributed by atoms with Crippen LogP contribution in [0.1, 0.15) is 16.8 Å². The van der Waals surface area contributed by atoms with E-state index in [9.17, 15) is 4.79 Å². The number of piperazine rings is 1. The van der Waals surface area contributed by atoms with E-state index in [1.807, 2.05) is 22.5 Å². The zero-order chi connectivity index (χ0) is 16.8. The number of aromatic nitrogens is 1. The van der Waals surface area contributed by atoms with Crippen molar-refractivity contribution in [2.75, 3.05) is 26.2 Å². The molecule has 0 spiro atoms. The van der Waals surface area contributed by atoms with Gasteiger partial charge < -0.3 is 10.2 Å². The van der Waals surface area contributed by atoms with Gasteiger partial charge in [0, 0.05) is 44.6 Å². The third kappa shape index (κ3) is 4.31. The molecule has 1 aromatic carbocycles. The second-order valence-corrected chi connectivity index (χ2v) is 6.43. The van der Waals surface area contributed by atoms with Crippen LogP contribution in [0.3, 0.4) is 0 Å². The van der Waals surface area contributed by atoms with E-state index >= 15 is 0 Å². The molecule has 24 heavy (non-hydrogen) atoms. The fourth-order valence-corrected chi connectivity index (χ4v) is 3.19. The molecule has 124 valence electrons. The lowest BCUT2D eigenvalue weighted by Crippen LogP contribution is -2.51. The van der Waals surface area contributed by atoms with Gasteiger partial charge >= 0.3 is 6.03 Å². The summed E-state index contributed by atoms with van der Waals surface area (Å²) in [6.07, 6.45) is 0. The Labute approximate surface area is 145 Å². The van der Waals surface area contributed by atoms with Crippen LogP contribution < -0.4 is 5.32 Å². The van der Waals surface area contributed by atoms with Crippen LogP contribution in [0.2, 0.25) is 0 Å². The lowest BCUT2D eigenvalue weighted by atomic mass is 10.1. The molecule has 1 aliphatic heterocycles. The molecule has 2 aromatic rings. The van der Waals surface area contributed by atoms with Crippen LogP contribution in [-0.2, 0) is 13.1 Å². The van der Waals surface area contributed by atoms with Crippen molar-refractivity contribution in [3.05, 3.63) is 52.0 Å². The highest BCUT2D eigenvalue weighted by Crippen LogP contribution is 2.09. The van der Waals surface area contributed by atoms with Crippen LogP contribution in [0, 0.1) is 11.3 Å². The first kappa shape index (κ1) is 16.4. The number of thiazole rings is 1. The number of urea groups is 1. The third-order valence-electron chi connectivity index (χ3n) is 4.06. The topological polar surface area (TPSA) is 72.3 Å². The molecular formula is C17H19N5OS. The Balaban J connectivity index is 1.42. The number of hydrogen-bond donors (Lipinski definition) is 1. The van der Waals surface area contributed by atoms with Gasteiger partial charge in [0.15, 0.2) is 0 Å². The van der Waals surface area contributed by atoms with Crippen molar-refractivity contribution in [1.29, 1.82) is 5.26 Å². The van der Waals surface area contributed by atoms with Crippen molar-refractivity contribution in [2.45, 2.75) is 13.1 Å². The monoisotopic (exact) mass is 341 g/mol. The SMILES string of the molecule is N#Cc1ccc(CNC(=O)N2CCN(Cc3cscn3)CC2)cc1. The van der Waals surface area contributed by atoms with Crippen LogP contribution in [0.15, 0.2) is 35.2 Å². The Kier molecular flexibility index (Phi) is 5.41. The molecule has 1 aliphatic rings. The first-order valence-corrected chi connectivity index (χ1v) is 8.80. The summed E-state index contributed by atoms with van der Waals surface area (Å²) in [6, 6.07) is 9.31. The summed E-state index contributed by atoms with van der Waals surface area (Å²) in [5.41, 5.74) is 4.56. The molecule has 7 heteroatoms. The fourth-order valence-electron chi connectivity index (χ4n) is 2.64. The quantitative estimate of drug-likeness (QED) is 0.924. The van der Waals surface area contributed by atoms with E-state index < -0.39 is 0 Å². The minimum absolute atomic E-state index is 0.0346. The molecule has 3 rings (SSSR count). The normalized spacial score (nSPS) is 15.0. The maximum Gasteiger partial charge on any atom is 0.317 e. The number of amides is 2. The maximum atomic E-state index is 12.3. The van der Waals surface area contributed by atoms with Gasteiger partial charge in [0.2, 0.25) is 0 Å². The summed E-state index contributed by atoms with van der Waals surface area (Å²) in [7, 11) is 0. The van der Waals surface area contributed by atoms with Crippen molar-refractivity contribution >= 4 is 17.4 Å². The van der Waals surface area contributed by atoms with E-state index in [-0.39, 0.29) is 6.03 Å². The minimum atomic E-state index is -0.0346. The fraction of sp³-hybridized carbons (Fsp3) is 0.353. The van der Waals surface area contributed by atoms with Crippen LogP contribution in [0.5, 0.6) is 0 Å². The molecule has 6 nitrogen and oxygen atoms in total. The molecule has 0 saturated carbocycles. The van der Waals surface area contributed by atoms with Crippen molar-refractivity contribution < 1.29 is 4.79 Å². The summed E-state index contributed by atoms with van der Waals surface area (Å²) in [5, 5.41) is 13.8. The summed E-state index contributed by atoms with van der Waals surface area (Å²) < 4.78 is 0. The second-order valence-electron chi connectivity index (χ2n) is 5.71. The molecule has 0 radical (unpaired) electrons. The number of nitrogens with zero attached hydrogens (tertiary/aromatic N) is 4. The Bertz CT molecular complexity index is 700. The van der Waals surface area contributed by atoms with Gasteiger partial charge in [-0.1, -0.05) is 12.1 Å². The molecule has 2 heterocycles. The molecular weight excluding hydrogens is 322 g/mol. The molecule has 0 unspecified atom stereocenters. The van der Waals surface area contributed by atoms with Gasteiger partial charge in [-0.05, 0) is 17.7 Å². The van der Waals surface area contributed by atoms with Crippen molar-refractivity contribution in [3.63, 3.8) is 0 Å². The van der Waals surface area contributed by atoms with E-state index in [0.717, 1.165) is 44.0 Å². The molecule has 0 bridgehead atoms. The van der Waals surface area contributed by atoms with Crippen LogP contribution in [-0.4, -0.2) is 47.0 Å². The van der Waals surface area contributed by atoms with E-state index in [0.29, 0.717) is 12.1 Å². The minimum Gasteiger partial charge on any atom is -0.334 e. The molecule has 0 atom stereocenters. The number of nitrogens with one attached hydrogen (secondary N) is 1. The Hall–Kier alpha value is -2.43.